The van der Waals surface area contributed by atoms with Gasteiger partial charge in [-0.05, 0) is 19.3 Å². The molecule has 16 heavy (non-hydrogen) atoms. The lowest BCUT2D eigenvalue weighted by atomic mass is 10.1. The number of unbranched alkanes of at least 4 members (excludes halogenated alkanes) is 4. The molecule has 0 rings (SSSR count). The zero-order valence-electron chi connectivity index (χ0n) is 10.1. The standard InChI is InChI=1S/C11H24INO2S/c1-2-3-4-5-6-8-11(12)9-7-10-16(13,14)15/h11H,2-10H2,1H3,(H2,13,14,15). The highest BCUT2D eigenvalue weighted by Gasteiger charge is 2.07. The van der Waals surface area contributed by atoms with E-state index in [1.165, 1.54) is 38.5 Å². The summed E-state index contributed by atoms with van der Waals surface area (Å²) in [6.45, 7) is 2.22. The molecule has 1 unspecified atom stereocenters. The van der Waals surface area contributed by atoms with Crippen molar-refractivity contribution in [3.63, 3.8) is 0 Å². The fourth-order valence-corrected chi connectivity index (χ4v) is 3.07. The summed E-state index contributed by atoms with van der Waals surface area (Å²) < 4.78 is 22.0. The zero-order chi connectivity index (χ0) is 12.4. The summed E-state index contributed by atoms with van der Waals surface area (Å²) in [6.07, 6.45) is 9.38. The topological polar surface area (TPSA) is 60.2 Å². The fraction of sp³-hybridized carbons (Fsp3) is 1.00. The Morgan fingerprint density at radius 3 is 2.19 bits per heavy atom. The van der Waals surface area contributed by atoms with Crippen LogP contribution in [0.4, 0.5) is 0 Å². The molecule has 5 heteroatoms. The third-order valence-corrected chi connectivity index (χ3v) is 4.67. The van der Waals surface area contributed by atoms with Crippen molar-refractivity contribution in [2.45, 2.75) is 62.2 Å². The quantitative estimate of drug-likeness (QED) is 0.369. The first kappa shape index (κ1) is 16.6. The molecule has 0 fully saturated rings. The number of nitrogens with two attached hydrogens (primary N) is 1. The average molecular weight is 361 g/mol. The minimum Gasteiger partial charge on any atom is -0.229 e. The second-order valence-electron chi connectivity index (χ2n) is 4.31. The molecule has 2 N–H and O–H groups in total. The summed E-state index contributed by atoms with van der Waals surface area (Å²) in [6, 6.07) is 0. The van der Waals surface area contributed by atoms with E-state index < -0.39 is 10.0 Å². The van der Waals surface area contributed by atoms with Crippen LogP contribution in [0.25, 0.3) is 0 Å². The van der Waals surface area contributed by atoms with Crippen LogP contribution >= 0.6 is 22.6 Å². The van der Waals surface area contributed by atoms with Crippen LogP contribution in [0.5, 0.6) is 0 Å². The van der Waals surface area contributed by atoms with Gasteiger partial charge in [0.2, 0.25) is 10.0 Å². The Hall–Kier alpha value is 0.640. The lowest BCUT2D eigenvalue weighted by Crippen LogP contribution is -2.17. The van der Waals surface area contributed by atoms with E-state index in [1.54, 1.807) is 0 Å². The second kappa shape index (κ2) is 9.65. The van der Waals surface area contributed by atoms with E-state index in [0.29, 0.717) is 10.3 Å². The van der Waals surface area contributed by atoms with Gasteiger partial charge in [0.1, 0.15) is 0 Å². The summed E-state index contributed by atoms with van der Waals surface area (Å²) in [5.41, 5.74) is 0. The summed E-state index contributed by atoms with van der Waals surface area (Å²) in [5, 5.41) is 4.95. The van der Waals surface area contributed by atoms with E-state index in [-0.39, 0.29) is 5.75 Å². The van der Waals surface area contributed by atoms with E-state index in [9.17, 15) is 8.42 Å². The van der Waals surface area contributed by atoms with Crippen LogP contribution in [-0.4, -0.2) is 18.1 Å². The van der Waals surface area contributed by atoms with Gasteiger partial charge < -0.3 is 0 Å². The van der Waals surface area contributed by atoms with Gasteiger partial charge in [0.05, 0.1) is 5.75 Å². The lowest BCUT2D eigenvalue weighted by molar-refractivity contribution is 0.578. The van der Waals surface area contributed by atoms with E-state index >= 15 is 0 Å². The molecule has 0 radical (unpaired) electrons. The van der Waals surface area contributed by atoms with Gasteiger partial charge in [-0.25, -0.2) is 13.6 Å². The molecule has 0 saturated heterocycles. The Bertz CT molecular complexity index is 255. The largest absolute Gasteiger partial charge is 0.229 e. The van der Waals surface area contributed by atoms with Gasteiger partial charge in [-0.2, -0.15) is 0 Å². The van der Waals surface area contributed by atoms with Gasteiger partial charge in [-0.1, -0.05) is 61.6 Å². The molecule has 0 aromatic rings. The van der Waals surface area contributed by atoms with Crippen molar-refractivity contribution in [1.29, 1.82) is 0 Å². The molecular formula is C11H24INO2S. The Kier molecular flexibility index (Phi) is 10.0. The van der Waals surface area contributed by atoms with Gasteiger partial charge in [-0.3, -0.25) is 0 Å². The van der Waals surface area contributed by atoms with E-state index in [0.717, 1.165) is 6.42 Å². The SMILES string of the molecule is CCCCCCCC(I)CCCS(N)(=O)=O. The minimum absolute atomic E-state index is 0.127. The molecule has 0 aliphatic rings. The van der Waals surface area contributed by atoms with Gasteiger partial charge in [0.25, 0.3) is 0 Å². The van der Waals surface area contributed by atoms with Gasteiger partial charge in [0, 0.05) is 3.92 Å². The molecule has 0 aromatic heterocycles. The minimum atomic E-state index is -3.26. The third kappa shape index (κ3) is 12.7. The number of alkyl halides is 1. The van der Waals surface area contributed by atoms with Crippen molar-refractivity contribution >= 4 is 32.6 Å². The van der Waals surface area contributed by atoms with E-state index in [2.05, 4.69) is 29.5 Å². The first-order valence-corrected chi connectivity index (χ1v) is 9.06. The second-order valence-corrected chi connectivity index (χ2v) is 7.80. The number of rotatable bonds is 10. The summed E-state index contributed by atoms with van der Waals surface area (Å²) in [7, 11) is -3.26. The monoisotopic (exact) mass is 361 g/mol. The molecule has 98 valence electrons. The van der Waals surface area contributed by atoms with Crippen LogP contribution in [-0.2, 0) is 10.0 Å². The molecule has 0 aliphatic carbocycles. The van der Waals surface area contributed by atoms with Crippen molar-refractivity contribution in [2.24, 2.45) is 5.14 Å². The number of primary sulfonamides is 1. The molecule has 0 aliphatic heterocycles. The van der Waals surface area contributed by atoms with E-state index in [1.807, 2.05) is 0 Å². The van der Waals surface area contributed by atoms with E-state index in [4.69, 9.17) is 5.14 Å². The highest BCUT2D eigenvalue weighted by Crippen LogP contribution is 2.17. The van der Waals surface area contributed by atoms with Gasteiger partial charge >= 0.3 is 0 Å². The number of hydrogen-bond donors (Lipinski definition) is 1. The van der Waals surface area contributed by atoms with Crippen molar-refractivity contribution < 1.29 is 8.42 Å². The van der Waals surface area contributed by atoms with Crippen LogP contribution in [0.1, 0.15) is 58.3 Å². The smallest absolute Gasteiger partial charge is 0.209 e. The summed E-state index contributed by atoms with van der Waals surface area (Å²) in [4.78, 5) is 0. The maximum absolute atomic E-state index is 10.7. The molecule has 1 atom stereocenters. The normalized spacial score (nSPS) is 13.9. The summed E-state index contributed by atoms with van der Waals surface area (Å²) in [5.74, 6) is 0.127. The molecule has 3 nitrogen and oxygen atoms in total. The Morgan fingerprint density at radius 2 is 1.62 bits per heavy atom. The maximum Gasteiger partial charge on any atom is 0.209 e. The van der Waals surface area contributed by atoms with Crippen molar-refractivity contribution in [2.75, 3.05) is 5.75 Å². The van der Waals surface area contributed by atoms with Crippen LogP contribution in [0.2, 0.25) is 0 Å². The first-order valence-electron chi connectivity index (χ1n) is 6.10. The van der Waals surface area contributed by atoms with Crippen molar-refractivity contribution in [1.82, 2.24) is 0 Å². The molecule has 0 heterocycles. The highest BCUT2D eigenvalue weighted by atomic mass is 127. The highest BCUT2D eigenvalue weighted by molar-refractivity contribution is 14.1. The third-order valence-electron chi connectivity index (χ3n) is 2.57. The molecular weight excluding hydrogens is 337 g/mol. The Labute approximate surface area is 114 Å². The van der Waals surface area contributed by atoms with Gasteiger partial charge in [0.15, 0.2) is 0 Å². The van der Waals surface area contributed by atoms with Crippen LogP contribution in [0.15, 0.2) is 0 Å². The number of halogens is 1. The summed E-state index contributed by atoms with van der Waals surface area (Å²) >= 11 is 2.42. The molecule has 0 saturated carbocycles. The Morgan fingerprint density at radius 1 is 1.06 bits per heavy atom. The predicted molar refractivity (Wildman–Crippen MR) is 78.4 cm³/mol. The number of hydrogen-bond acceptors (Lipinski definition) is 2. The Balaban J connectivity index is 3.34. The van der Waals surface area contributed by atoms with Crippen LogP contribution in [0.3, 0.4) is 0 Å². The zero-order valence-corrected chi connectivity index (χ0v) is 13.1. The molecule has 0 spiro atoms. The molecule has 0 amide bonds. The lowest BCUT2D eigenvalue weighted by Gasteiger charge is -2.08. The van der Waals surface area contributed by atoms with Crippen molar-refractivity contribution in [3.8, 4) is 0 Å². The van der Waals surface area contributed by atoms with Gasteiger partial charge in [-0.15, -0.1) is 0 Å². The first-order chi connectivity index (χ1) is 7.45. The van der Waals surface area contributed by atoms with Crippen LogP contribution in [0, 0.1) is 0 Å². The van der Waals surface area contributed by atoms with Crippen molar-refractivity contribution in [3.05, 3.63) is 0 Å². The fourth-order valence-electron chi connectivity index (χ4n) is 1.62. The molecule has 0 bridgehead atoms. The van der Waals surface area contributed by atoms with Crippen LogP contribution < -0.4 is 5.14 Å². The number of sulfonamides is 1. The molecule has 0 aromatic carbocycles. The maximum atomic E-state index is 10.7. The predicted octanol–water partition coefficient (Wildman–Crippen LogP) is 3.22. The average Bonchev–Trinajstić information content (AvgIpc) is 2.15.